The van der Waals surface area contributed by atoms with Crippen LogP contribution < -0.4 is 5.69 Å². The van der Waals surface area contributed by atoms with Gasteiger partial charge in [-0.2, -0.15) is 4.31 Å². The predicted molar refractivity (Wildman–Crippen MR) is 117 cm³/mol. The predicted octanol–water partition coefficient (Wildman–Crippen LogP) is 2.94. The van der Waals surface area contributed by atoms with Crippen molar-refractivity contribution >= 4 is 21.2 Å². The molecule has 3 heterocycles. The number of benzene rings is 1. The Balaban J connectivity index is 1.52. The Labute approximate surface area is 177 Å². The van der Waals surface area contributed by atoms with Crippen LogP contribution in [0.15, 0.2) is 46.2 Å². The summed E-state index contributed by atoms with van der Waals surface area (Å²) in [6.07, 6.45) is 3.15. The maximum Gasteiger partial charge on any atom is 0.330 e. The number of piperidine rings is 1. The van der Waals surface area contributed by atoms with Crippen molar-refractivity contribution in [2.45, 2.75) is 51.6 Å². The van der Waals surface area contributed by atoms with E-state index in [1.54, 1.807) is 25.7 Å². The second kappa shape index (κ2) is 8.00. The number of sulfonamides is 1. The van der Waals surface area contributed by atoms with E-state index in [-0.39, 0.29) is 11.6 Å². The Morgan fingerprint density at radius 1 is 1.10 bits per heavy atom. The Bertz CT molecular complexity index is 1230. The molecule has 0 bridgehead atoms. The molecule has 30 heavy (non-hydrogen) atoms. The van der Waals surface area contributed by atoms with Crippen LogP contribution >= 0.6 is 0 Å². The number of aryl methyl sites for hydroxylation is 3. The Hall–Kier alpha value is -2.45. The quantitative estimate of drug-likeness (QED) is 0.626. The molecule has 3 aromatic rings. The minimum absolute atomic E-state index is 0.0448. The maximum atomic E-state index is 13.2. The van der Waals surface area contributed by atoms with Crippen LogP contribution in [0, 0.1) is 19.8 Å². The minimum Gasteiger partial charge on any atom is -0.291 e. The van der Waals surface area contributed by atoms with Crippen molar-refractivity contribution in [2.24, 2.45) is 5.92 Å². The fraction of sp³-hybridized carbons (Fsp3) is 0.455. The molecule has 0 atom stereocenters. The highest BCUT2D eigenvalue weighted by Gasteiger charge is 2.31. The van der Waals surface area contributed by atoms with Gasteiger partial charge < -0.3 is 0 Å². The summed E-state index contributed by atoms with van der Waals surface area (Å²) in [5, 5.41) is 0. The van der Waals surface area contributed by atoms with Gasteiger partial charge in [0.25, 0.3) is 0 Å². The van der Waals surface area contributed by atoms with Crippen LogP contribution in [-0.2, 0) is 23.1 Å². The van der Waals surface area contributed by atoms with Crippen molar-refractivity contribution in [3.05, 3.63) is 58.1 Å². The first-order chi connectivity index (χ1) is 14.3. The SMILES string of the molecule is CCn1c(=O)n(CC2CCN(S(=O)(=O)c3cc(C)ccc3C)CC2)c2ncccc21. The fourth-order valence-corrected chi connectivity index (χ4v) is 6.11. The third-order valence-electron chi connectivity index (χ3n) is 6.07. The lowest BCUT2D eigenvalue weighted by atomic mass is 9.98. The third kappa shape index (κ3) is 3.58. The van der Waals surface area contributed by atoms with Crippen LogP contribution in [0.25, 0.3) is 11.2 Å². The van der Waals surface area contributed by atoms with Gasteiger partial charge in [0, 0.05) is 32.4 Å². The number of imidazole rings is 1. The molecule has 1 aromatic carbocycles. The first-order valence-electron chi connectivity index (χ1n) is 10.4. The molecule has 0 unspecified atom stereocenters. The first-order valence-corrected chi connectivity index (χ1v) is 11.9. The molecule has 0 amide bonds. The number of fused-ring (bicyclic) bond motifs is 1. The van der Waals surface area contributed by atoms with Crippen LogP contribution in [0.4, 0.5) is 0 Å². The Kier molecular flexibility index (Phi) is 5.55. The van der Waals surface area contributed by atoms with Gasteiger partial charge in [0.05, 0.1) is 10.4 Å². The maximum absolute atomic E-state index is 13.2. The van der Waals surface area contributed by atoms with E-state index in [1.165, 1.54) is 0 Å². The fourth-order valence-electron chi connectivity index (χ4n) is 4.33. The molecule has 2 aromatic heterocycles. The van der Waals surface area contributed by atoms with E-state index < -0.39 is 10.0 Å². The van der Waals surface area contributed by atoms with Crippen LogP contribution in [0.3, 0.4) is 0 Å². The Morgan fingerprint density at radius 3 is 2.53 bits per heavy atom. The molecule has 1 saturated heterocycles. The van der Waals surface area contributed by atoms with E-state index in [9.17, 15) is 13.2 Å². The lowest BCUT2D eigenvalue weighted by Gasteiger charge is -2.31. The van der Waals surface area contributed by atoms with Crippen molar-refractivity contribution in [1.29, 1.82) is 0 Å². The smallest absolute Gasteiger partial charge is 0.291 e. The zero-order valence-electron chi connectivity index (χ0n) is 17.7. The van der Waals surface area contributed by atoms with E-state index in [2.05, 4.69) is 4.98 Å². The summed E-state index contributed by atoms with van der Waals surface area (Å²) in [5.74, 6) is 0.241. The van der Waals surface area contributed by atoms with Gasteiger partial charge in [0.2, 0.25) is 10.0 Å². The lowest BCUT2D eigenvalue weighted by molar-refractivity contribution is 0.252. The molecular weight excluding hydrogens is 400 g/mol. The number of rotatable bonds is 5. The van der Waals surface area contributed by atoms with Gasteiger partial charge in [-0.25, -0.2) is 18.2 Å². The highest BCUT2D eigenvalue weighted by Crippen LogP contribution is 2.27. The van der Waals surface area contributed by atoms with Crippen molar-refractivity contribution < 1.29 is 8.42 Å². The summed E-state index contributed by atoms with van der Waals surface area (Å²) in [7, 11) is -3.51. The van der Waals surface area contributed by atoms with Crippen molar-refractivity contribution in [3.8, 4) is 0 Å². The molecule has 7 nitrogen and oxygen atoms in total. The topological polar surface area (TPSA) is 77.2 Å². The molecule has 0 aliphatic carbocycles. The first kappa shape index (κ1) is 20.8. The van der Waals surface area contributed by atoms with E-state index in [0.717, 1.165) is 29.5 Å². The van der Waals surface area contributed by atoms with Crippen molar-refractivity contribution in [1.82, 2.24) is 18.4 Å². The van der Waals surface area contributed by atoms with Gasteiger partial charge in [-0.15, -0.1) is 0 Å². The highest BCUT2D eigenvalue weighted by molar-refractivity contribution is 7.89. The number of aromatic nitrogens is 3. The van der Waals surface area contributed by atoms with E-state index in [1.807, 2.05) is 45.0 Å². The highest BCUT2D eigenvalue weighted by atomic mass is 32.2. The molecule has 0 spiro atoms. The molecule has 0 saturated carbocycles. The molecule has 160 valence electrons. The summed E-state index contributed by atoms with van der Waals surface area (Å²) in [5.41, 5.74) is 3.22. The zero-order chi connectivity index (χ0) is 21.5. The van der Waals surface area contributed by atoms with E-state index in [0.29, 0.717) is 36.7 Å². The van der Waals surface area contributed by atoms with Gasteiger partial charge in [-0.3, -0.25) is 9.13 Å². The summed E-state index contributed by atoms with van der Waals surface area (Å²) < 4.78 is 31.4. The molecule has 1 aliphatic heterocycles. The minimum atomic E-state index is -3.51. The summed E-state index contributed by atoms with van der Waals surface area (Å²) in [4.78, 5) is 17.7. The monoisotopic (exact) mass is 428 g/mol. The summed E-state index contributed by atoms with van der Waals surface area (Å²) >= 11 is 0. The second-order valence-electron chi connectivity index (χ2n) is 8.10. The van der Waals surface area contributed by atoms with Gasteiger partial charge in [0.15, 0.2) is 5.65 Å². The van der Waals surface area contributed by atoms with E-state index >= 15 is 0 Å². The van der Waals surface area contributed by atoms with Crippen LogP contribution in [-0.4, -0.2) is 39.9 Å². The second-order valence-corrected chi connectivity index (χ2v) is 10.0. The van der Waals surface area contributed by atoms with Crippen molar-refractivity contribution in [3.63, 3.8) is 0 Å². The molecule has 4 rings (SSSR count). The molecule has 1 fully saturated rings. The molecule has 8 heteroatoms. The molecular formula is C22H28N4O3S. The molecule has 0 radical (unpaired) electrons. The van der Waals surface area contributed by atoms with Gasteiger partial charge in [-0.1, -0.05) is 12.1 Å². The number of pyridine rings is 1. The average Bonchev–Trinajstić information content (AvgIpc) is 3.01. The van der Waals surface area contributed by atoms with Crippen LogP contribution in [0.1, 0.15) is 30.9 Å². The molecule has 0 N–H and O–H groups in total. The molecule has 1 aliphatic rings. The van der Waals surface area contributed by atoms with Gasteiger partial charge in [0.1, 0.15) is 0 Å². The average molecular weight is 429 g/mol. The lowest BCUT2D eigenvalue weighted by Crippen LogP contribution is -2.40. The Morgan fingerprint density at radius 2 is 1.83 bits per heavy atom. The number of hydrogen-bond acceptors (Lipinski definition) is 4. The largest absolute Gasteiger partial charge is 0.330 e. The number of hydrogen-bond donors (Lipinski definition) is 0. The summed E-state index contributed by atoms with van der Waals surface area (Å²) in [6.45, 7) is 7.79. The standard InChI is InChI=1S/C22H28N4O3S/c1-4-25-19-6-5-11-23-21(19)26(22(25)27)15-18-9-12-24(13-10-18)30(28,29)20-14-16(2)7-8-17(20)3/h5-8,11,14,18H,4,9-10,12-13,15H2,1-3H3. The summed E-state index contributed by atoms with van der Waals surface area (Å²) in [6, 6.07) is 9.30. The third-order valence-corrected chi connectivity index (χ3v) is 8.11. The van der Waals surface area contributed by atoms with Gasteiger partial charge >= 0.3 is 5.69 Å². The van der Waals surface area contributed by atoms with Crippen LogP contribution in [0.5, 0.6) is 0 Å². The van der Waals surface area contributed by atoms with E-state index in [4.69, 9.17) is 0 Å². The zero-order valence-corrected chi connectivity index (χ0v) is 18.5. The number of nitrogens with zero attached hydrogens (tertiary/aromatic N) is 4. The normalized spacial score (nSPS) is 16.4. The van der Waals surface area contributed by atoms with Crippen molar-refractivity contribution in [2.75, 3.05) is 13.1 Å². The van der Waals surface area contributed by atoms with Crippen LogP contribution in [0.2, 0.25) is 0 Å². The van der Waals surface area contributed by atoms with Gasteiger partial charge in [-0.05, 0) is 68.9 Å².